The Bertz CT molecular complexity index is 784. The minimum Gasteiger partial charge on any atom is -0.387 e. The van der Waals surface area contributed by atoms with Gasteiger partial charge in [0.2, 0.25) is 0 Å². The van der Waals surface area contributed by atoms with Crippen molar-refractivity contribution in [2.24, 2.45) is 0 Å². The predicted molar refractivity (Wildman–Crippen MR) is 83.2 cm³/mol. The summed E-state index contributed by atoms with van der Waals surface area (Å²) in [5.74, 6) is 0. The van der Waals surface area contributed by atoms with E-state index in [1.807, 2.05) is 4.98 Å². The van der Waals surface area contributed by atoms with E-state index in [1.165, 1.54) is 11.1 Å². The molecule has 1 saturated heterocycles. The SMILES string of the molecule is O=c1[nH]c(=O)n([C@@H]2O[C@H](COP(=O)(O)O)C(O)C2O)cc1/C=C/Br. The molecule has 1 aromatic heterocycles. The van der Waals surface area contributed by atoms with Crippen molar-refractivity contribution >= 4 is 29.8 Å². The highest BCUT2D eigenvalue weighted by atomic mass is 79.9. The molecule has 0 aromatic carbocycles. The van der Waals surface area contributed by atoms with E-state index in [4.69, 9.17) is 14.5 Å². The summed E-state index contributed by atoms with van der Waals surface area (Å²) >= 11 is 2.99. The second-order valence-corrected chi connectivity index (χ2v) is 6.64. The number of phosphoric acid groups is 1. The van der Waals surface area contributed by atoms with Gasteiger partial charge >= 0.3 is 13.5 Å². The maximum Gasteiger partial charge on any atom is 0.469 e. The van der Waals surface area contributed by atoms with Crippen LogP contribution < -0.4 is 11.2 Å². The molecule has 11 nitrogen and oxygen atoms in total. The number of rotatable bonds is 5. The highest BCUT2D eigenvalue weighted by Gasteiger charge is 2.45. The Morgan fingerprint density at radius 2 is 2.04 bits per heavy atom. The van der Waals surface area contributed by atoms with E-state index in [9.17, 15) is 24.4 Å². The van der Waals surface area contributed by atoms with Crippen LogP contribution in [0, 0.1) is 0 Å². The van der Waals surface area contributed by atoms with E-state index in [-0.39, 0.29) is 5.56 Å². The minimum absolute atomic E-state index is 0.0756. The second kappa shape index (κ2) is 7.42. The fraction of sp³-hybridized carbons (Fsp3) is 0.455. The third-order valence-electron chi connectivity index (χ3n) is 3.26. The summed E-state index contributed by atoms with van der Waals surface area (Å²) in [7, 11) is -4.79. The van der Waals surface area contributed by atoms with Crippen molar-refractivity contribution in [2.75, 3.05) is 6.61 Å². The summed E-state index contributed by atoms with van der Waals surface area (Å²) in [6.45, 7) is -0.703. The van der Waals surface area contributed by atoms with E-state index in [1.54, 1.807) is 0 Å². The van der Waals surface area contributed by atoms with Gasteiger partial charge in [0.1, 0.15) is 18.3 Å². The van der Waals surface area contributed by atoms with Crippen LogP contribution >= 0.6 is 23.8 Å². The minimum atomic E-state index is -4.79. The van der Waals surface area contributed by atoms with Gasteiger partial charge in [0.25, 0.3) is 5.56 Å². The molecule has 0 bridgehead atoms. The molecule has 0 radical (unpaired) electrons. The maximum absolute atomic E-state index is 11.9. The average molecular weight is 429 g/mol. The second-order valence-electron chi connectivity index (χ2n) is 4.88. The molecule has 0 saturated carbocycles. The molecule has 0 amide bonds. The van der Waals surface area contributed by atoms with Crippen molar-refractivity contribution in [1.82, 2.24) is 9.55 Å². The van der Waals surface area contributed by atoms with E-state index in [0.29, 0.717) is 0 Å². The Morgan fingerprint density at radius 3 is 2.62 bits per heavy atom. The molecule has 4 atom stereocenters. The van der Waals surface area contributed by atoms with Gasteiger partial charge in [-0.3, -0.25) is 18.9 Å². The van der Waals surface area contributed by atoms with E-state index in [0.717, 1.165) is 10.8 Å². The highest BCUT2D eigenvalue weighted by Crippen LogP contribution is 2.38. The first-order valence-electron chi connectivity index (χ1n) is 6.48. The number of nitrogens with zero attached hydrogens (tertiary/aromatic N) is 1. The van der Waals surface area contributed by atoms with Gasteiger partial charge in [-0.15, -0.1) is 0 Å². The Morgan fingerprint density at radius 1 is 1.38 bits per heavy atom. The van der Waals surface area contributed by atoms with Gasteiger partial charge in [0.15, 0.2) is 6.23 Å². The van der Waals surface area contributed by atoms with Gasteiger partial charge in [-0.25, -0.2) is 9.36 Å². The van der Waals surface area contributed by atoms with Crippen LogP contribution in [0.15, 0.2) is 20.8 Å². The molecule has 1 aromatic rings. The molecule has 1 aliphatic heterocycles. The number of nitrogens with one attached hydrogen (secondary N) is 1. The number of halogens is 1. The van der Waals surface area contributed by atoms with Crippen LogP contribution in [0.2, 0.25) is 0 Å². The third kappa shape index (κ3) is 4.29. The van der Waals surface area contributed by atoms with Crippen molar-refractivity contribution in [3.05, 3.63) is 37.6 Å². The molecular formula is C11H14BrN2O9P. The van der Waals surface area contributed by atoms with Crippen LogP contribution in [0.4, 0.5) is 0 Å². The number of phosphoric ester groups is 1. The molecule has 134 valence electrons. The zero-order valence-corrected chi connectivity index (χ0v) is 14.3. The zero-order valence-electron chi connectivity index (χ0n) is 11.9. The standard InChI is InChI=1S/C11H14BrN2O9P/c12-2-1-5-3-14(11(18)13-9(5)17)10-8(16)7(15)6(23-10)4-22-24(19,20)21/h1-3,6-8,10,15-16H,4H2,(H,13,17,18)(H2,19,20,21)/b2-1+/t6-,7?,8?,10-/m1/s1. The zero-order chi connectivity index (χ0) is 18.1. The first-order chi connectivity index (χ1) is 11.1. The van der Waals surface area contributed by atoms with Gasteiger partial charge < -0.3 is 24.7 Å². The molecule has 0 aliphatic carbocycles. The molecule has 5 N–H and O–H groups in total. The van der Waals surface area contributed by atoms with Gasteiger partial charge in [0, 0.05) is 6.20 Å². The Balaban J connectivity index is 2.29. The Kier molecular flexibility index (Phi) is 5.94. The average Bonchev–Trinajstić information content (AvgIpc) is 2.75. The first-order valence-corrected chi connectivity index (χ1v) is 8.92. The summed E-state index contributed by atoms with van der Waals surface area (Å²) in [4.78, 5) is 44.3. The Labute approximate surface area is 142 Å². The summed E-state index contributed by atoms with van der Waals surface area (Å²) in [5.41, 5.74) is -1.48. The predicted octanol–water partition coefficient (Wildman–Crippen LogP) is -1.37. The number of hydrogen-bond donors (Lipinski definition) is 5. The lowest BCUT2D eigenvalue weighted by atomic mass is 10.1. The molecule has 1 fully saturated rings. The number of ether oxygens (including phenoxy) is 1. The number of aromatic amines is 1. The summed E-state index contributed by atoms with van der Waals surface area (Å²) in [6, 6.07) is 0. The molecular weight excluding hydrogens is 415 g/mol. The van der Waals surface area contributed by atoms with Crippen molar-refractivity contribution in [3.8, 4) is 0 Å². The van der Waals surface area contributed by atoms with Crippen molar-refractivity contribution in [1.29, 1.82) is 0 Å². The smallest absolute Gasteiger partial charge is 0.387 e. The van der Waals surface area contributed by atoms with Crippen molar-refractivity contribution < 1.29 is 33.8 Å². The van der Waals surface area contributed by atoms with Crippen LogP contribution in [0.5, 0.6) is 0 Å². The number of aliphatic hydroxyl groups is 2. The van der Waals surface area contributed by atoms with E-state index in [2.05, 4.69) is 20.5 Å². The van der Waals surface area contributed by atoms with Gasteiger partial charge in [-0.05, 0) is 11.1 Å². The lowest BCUT2D eigenvalue weighted by molar-refractivity contribution is -0.0543. The number of aliphatic hydroxyl groups excluding tert-OH is 2. The molecule has 2 unspecified atom stereocenters. The van der Waals surface area contributed by atoms with E-state index >= 15 is 0 Å². The van der Waals surface area contributed by atoms with Crippen LogP contribution in [-0.4, -0.2) is 54.5 Å². The quantitative estimate of drug-likeness (QED) is 0.354. The Hall–Kier alpha value is -1.11. The summed E-state index contributed by atoms with van der Waals surface area (Å²) in [5, 5.41) is 19.9. The summed E-state index contributed by atoms with van der Waals surface area (Å²) < 4.78 is 21.1. The van der Waals surface area contributed by atoms with Crippen LogP contribution in [0.1, 0.15) is 11.8 Å². The molecule has 0 spiro atoms. The van der Waals surface area contributed by atoms with Gasteiger partial charge in [0.05, 0.1) is 12.2 Å². The van der Waals surface area contributed by atoms with Crippen LogP contribution in [-0.2, 0) is 13.8 Å². The number of hydrogen-bond acceptors (Lipinski definition) is 7. The van der Waals surface area contributed by atoms with Crippen LogP contribution in [0.3, 0.4) is 0 Å². The molecule has 2 rings (SSSR count). The fourth-order valence-electron chi connectivity index (χ4n) is 2.14. The van der Waals surface area contributed by atoms with Gasteiger partial charge in [-0.2, -0.15) is 0 Å². The largest absolute Gasteiger partial charge is 0.469 e. The monoisotopic (exact) mass is 428 g/mol. The molecule has 13 heteroatoms. The topological polar surface area (TPSA) is 171 Å². The number of aromatic nitrogens is 2. The third-order valence-corrected chi connectivity index (χ3v) is 4.01. The van der Waals surface area contributed by atoms with E-state index < -0.39 is 50.2 Å². The molecule has 24 heavy (non-hydrogen) atoms. The fourth-order valence-corrected chi connectivity index (χ4v) is 2.77. The van der Waals surface area contributed by atoms with Gasteiger partial charge in [-0.1, -0.05) is 15.9 Å². The summed E-state index contributed by atoms with van der Waals surface area (Å²) in [6.07, 6.45) is -3.34. The lowest BCUT2D eigenvalue weighted by Gasteiger charge is -2.17. The molecule has 1 aliphatic rings. The van der Waals surface area contributed by atoms with Crippen molar-refractivity contribution in [2.45, 2.75) is 24.5 Å². The number of H-pyrrole nitrogens is 1. The normalized spacial score (nSPS) is 27.9. The lowest BCUT2D eigenvalue weighted by Crippen LogP contribution is -2.38. The first kappa shape index (κ1) is 19.2. The van der Waals surface area contributed by atoms with Crippen molar-refractivity contribution in [3.63, 3.8) is 0 Å². The molecule has 2 heterocycles. The highest BCUT2D eigenvalue weighted by molar-refractivity contribution is 9.11. The van der Waals surface area contributed by atoms with Crippen LogP contribution in [0.25, 0.3) is 6.08 Å². The maximum atomic E-state index is 11.9.